The lowest BCUT2D eigenvalue weighted by molar-refractivity contribution is 1.30. The van der Waals surface area contributed by atoms with Gasteiger partial charge in [-0.15, -0.1) is 22.7 Å². The van der Waals surface area contributed by atoms with Crippen LogP contribution in [-0.2, 0) is 0 Å². The fraction of sp³-hybridized carbons (Fsp3) is 0. The fourth-order valence-electron chi connectivity index (χ4n) is 1.83. The summed E-state index contributed by atoms with van der Waals surface area (Å²) in [6.45, 7) is 0. The lowest BCUT2D eigenvalue weighted by Gasteiger charge is -1.95. The van der Waals surface area contributed by atoms with Gasteiger partial charge in [-0.3, -0.25) is 0 Å². The van der Waals surface area contributed by atoms with E-state index in [-0.39, 0.29) is 0 Å². The van der Waals surface area contributed by atoms with Crippen LogP contribution >= 0.6 is 22.7 Å². The van der Waals surface area contributed by atoms with E-state index in [0.717, 1.165) is 31.3 Å². The highest BCUT2D eigenvalue weighted by Gasteiger charge is 2.10. The first-order valence-electron chi connectivity index (χ1n) is 5.32. The van der Waals surface area contributed by atoms with Gasteiger partial charge in [0.1, 0.15) is 20.9 Å². The molecule has 0 spiro atoms. The van der Waals surface area contributed by atoms with E-state index in [1.807, 2.05) is 11.4 Å². The number of fused-ring (bicyclic) bond motifs is 3. The summed E-state index contributed by atoms with van der Waals surface area (Å²) in [6.07, 6.45) is 5.20. The molecule has 0 radical (unpaired) electrons. The molecule has 0 fully saturated rings. The van der Waals surface area contributed by atoms with Gasteiger partial charge in [-0.25, -0.2) is 19.9 Å². The highest BCUT2D eigenvalue weighted by Crippen LogP contribution is 2.31. The first kappa shape index (κ1) is 10.0. The minimum absolute atomic E-state index is 0.871. The number of hydrogen-bond donors (Lipinski definition) is 0. The topological polar surface area (TPSA) is 51.6 Å². The molecule has 0 atom stereocenters. The number of rotatable bonds is 1. The summed E-state index contributed by atoms with van der Waals surface area (Å²) in [5, 5.41) is 2.88. The average molecular weight is 270 g/mol. The third-order valence-corrected chi connectivity index (χ3v) is 4.44. The van der Waals surface area contributed by atoms with Crippen LogP contribution in [0, 0.1) is 0 Å². The smallest absolute Gasteiger partial charge is 0.144 e. The monoisotopic (exact) mass is 270 g/mol. The Bertz CT molecular complexity index is 836. The second-order valence-electron chi connectivity index (χ2n) is 3.69. The van der Waals surface area contributed by atoms with E-state index in [4.69, 9.17) is 0 Å². The standard InChI is InChI=1S/C12H6N4S2/c1-2-8-9(10-12(18-8)14-4-3-13-10)16-7(1)11-15-5-6-17-11/h1-6H. The van der Waals surface area contributed by atoms with Crippen molar-refractivity contribution in [2.24, 2.45) is 0 Å². The molecule has 0 aromatic carbocycles. The van der Waals surface area contributed by atoms with E-state index >= 15 is 0 Å². The third kappa shape index (κ3) is 1.43. The van der Waals surface area contributed by atoms with Crippen LogP contribution in [0.4, 0.5) is 0 Å². The molecule has 0 bridgehead atoms. The Kier molecular flexibility index (Phi) is 2.12. The molecule has 0 saturated heterocycles. The lowest BCUT2D eigenvalue weighted by atomic mass is 10.3. The molecule has 0 aliphatic carbocycles. The predicted molar refractivity (Wildman–Crippen MR) is 73.8 cm³/mol. The van der Waals surface area contributed by atoms with Crippen LogP contribution in [0.15, 0.2) is 36.1 Å². The first-order valence-corrected chi connectivity index (χ1v) is 7.01. The van der Waals surface area contributed by atoms with Crippen molar-refractivity contribution < 1.29 is 0 Å². The maximum absolute atomic E-state index is 4.66. The van der Waals surface area contributed by atoms with Crippen LogP contribution in [0.3, 0.4) is 0 Å². The molecule has 0 unspecified atom stereocenters. The first-order chi connectivity index (χ1) is 8.92. The maximum Gasteiger partial charge on any atom is 0.144 e. The van der Waals surface area contributed by atoms with Crippen LogP contribution in [0.25, 0.3) is 31.3 Å². The highest BCUT2D eigenvalue weighted by molar-refractivity contribution is 7.25. The lowest BCUT2D eigenvalue weighted by Crippen LogP contribution is -1.83. The molecule has 4 aromatic heterocycles. The molecule has 0 aliphatic rings. The zero-order valence-electron chi connectivity index (χ0n) is 9.07. The number of aromatic nitrogens is 4. The highest BCUT2D eigenvalue weighted by atomic mass is 32.1. The Labute approximate surface area is 110 Å². The van der Waals surface area contributed by atoms with Gasteiger partial charge in [0.2, 0.25) is 0 Å². The molecule has 6 heteroatoms. The minimum atomic E-state index is 0.871. The van der Waals surface area contributed by atoms with Gasteiger partial charge in [0, 0.05) is 24.0 Å². The normalized spacial score (nSPS) is 11.3. The van der Waals surface area contributed by atoms with E-state index in [2.05, 4.69) is 26.0 Å². The quantitative estimate of drug-likeness (QED) is 0.532. The van der Waals surface area contributed by atoms with Gasteiger partial charge in [0.05, 0.1) is 10.4 Å². The zero-order valence-corrected chi connectivity index (χ0v) is 10.7. The summed E-state index contributed by atoms with van der Waals surface area (Å²) in [4.78, 5) is 18.5. The summed E-state index contributed by atoms with van der Waals surface area (Å²) in [5.74, 6) is 0. The molecule has 4 heterocycles. The predicted octanol–water partition coefficient (Wildman–Crippen LogP) is 3.36. The van der Waals surface area contributed by atoms with E-state index in [1.54, 1.807) is 41.3 Å². The Morgan fingerprint density at radius 1 is 0.889 bits per heavy atom. The Morgan fingerprint density at radius 3 is 2.72 bits per heavy atom. The van der Waals surface area contributed by atoms with Crippen LogP contribution in [0.1, 0.15) is 0 Å². The van der Waals surface area contributed by atoms with Gasteiger partial charge < -0.3 is 0 Å². The van der Waals surface area contributed by atoms with E-state index in [9.17, 15) is 0 Å². The van der Waals surface area contributed by atoms with Crippen molar-refractivity contribution in [2.75, 3.05) is 0 Å². The molecular formula is C12H6N4S2. The molecule has 0 amide bonds. The summed E-state index contributed by atoms with van der Waals surface area (Å²) in [6, 6.07) is 4.06. The van der Waals surface area contributed by atoms with Crippen LogP contribution in [0.2, 0.25) is 0 Å². The van der Waals surface area contributed by atoms with Crippen molar-refractivity contribution in [2.45, 2.75) is 0 Å². The van der Waals surface area contributed by atoms with Crippen molar-refractivity contribution in [3.8, 4) is 10.7 Å². The van der Waals surface area contributed by atoms with Gasteiger partial charge >= 0.3 is 0 Å². The van der Waals surface area contributed by atoms with Crippen molar-refractivity contribution in [1.82, 2.24) is 19.9 Å². The van der Waals surface area contributed by atoms with Gasteiger partial charge in [-0.1, -0.05) is 0 Å². The largest absolute Gasteiger partial charge is 0.250 e. The van der Waals surface area contributed by atoms with Crippen molar-refractivity contribution in [3.63, 3.8) is 0 Å². The molecule has 4 aromatic rings. The van der Waals surface area contributed by atoms with Gasteiger partial charge in [0.15, 0.2) is 0 Å². The van der Waals surface area contributed by atoms with E-state index < -0.39 is 0 Å². The Balaban J connectivity index is 2.07. The van der Waals surface area contributed by atoms with Gasteiger partial charge in [-0.05, 0) is 12.1 Å². The Hall–Kier alpha value is -1.92. The number of pyridine rings is 1. The number of nitrogens with zero attached hydrogens (tertiary/aromatic N) is 4. The molecule has 0 N–H and O–H groups in total. The number of thiophene rings is 1. The summed E-state index contributed by atoms with van der Waals surface area (Å²) < 4.78 is 1.11. The van der Waals surface area contributed by atoms with Crippen molar-refractivity contribution >= 4 is 43.2 Å². The van der Waals surface area contributed by atoms with Crippen molar-refractivity contribution in [3.05, 3.63) is 36.1 Å². The SMILES string of the molecule is c1csc(-c2ccc3sc4nccnc4c3n2)n1. The van der Waals surface area contributed by atoms with Gasteiger partial charge in [0.25, 0.3) is 0 Å². The van der Waals surface area contributed by atoms with Crippen molar-refractivity contribution in [1.29, 1.82) is 0 Å². The minimum Gasteiger partial charge on any atom is -0.250 e. The van der Waals surface area contributed by atoms with Crippen LogP contribution in [-0.4, -0.2) is 19.9 Å². The second-order valence-corrected chi connectivity index (χ2v) is 5.62. The maximum atomic E-state index is 4.66. The number of thiazole rings is 1. The van der Waals surface area contributed by atoms with Crippen LogP contribution in [0.5, 0.6) is 0 Å². The van der Waals surface area contributed by atoms with E-state index in [1.165, 1.54) is 0 Å². The molecule has 0 aliphatic heterocycles. The molecule has 4 nitrogen and oxygen atoms in total. The van der Waals surface area contributed by atoms with Gasteiger partial charge in [-0.2, -0.15) is 0 Å². The molecule has 18 heavy (non-hydrogen) atoms. The second kappa shape index (κ2) is 3.79. The summed E-state index contributed by atoms with van der Waals surface area (Å²) in [5.41, 5.74) is 2.68. The summed E-state index contributed by atoms with van der Waals surface area (Å²) in [7, 11) is 0. The zero-order chi connectivity index (χ0) is 11.9. The molecule has 86 valence electrons. The molecule has 4 rings (SSSR count). The van der Waals surface area contributed by atoms with E-state index in [0.29, 0.717) is 0 Å². The average Bonchev–Trinajstić information content (AvgIpc) is 3.05. The Morgan fingerprint density at radius 2 is 1.83 bits per heavy atom. The fourth-order valence-corrected chi connectivity index (χ4v) is 3.38. The molecule has 0 saturated carbocycles. The molecular weight excluding hydrogens is 264 g/mol. The third-order valence-electron chi connectivity index (χ3n) is 2.61. The number of hydrogen-bond acceptors (Lipinski definition) is 6. The van der Waals surface area contributed by atoms with Crippen LogP contribution < -0.4 is 0 Å². The summed E-state index contributed by atoms with van der Waals surface area (Å²) >= 11 is 3.20.